The van der Waals surface area contributed by atoms with E-state index in [-0.39, 0.29) is 4.90 Å². The molecule has 1 aromatic heterocycles. The van der Waals surface area contributed by atoms with Crippen molar-refractivity contribution in [3.8, 4) is 0 Å². The Labute approximate surface area is 136 Å². The van der Waals surface area contributed by atoms with E-state index in [1.165, 1.54) is 0 Å². The Kier molecular flexibility index (Phi) is 6.62. The van der Waals surface area contributed by atoms with Gasteiger partial charge in [0.2, 0.25) is 10.0 Å². The first-order valence-electron chi connectivity index (χ1n) is 7.21. The molecule has 0 unspecified atom stereocenters. The molecule has 0 aliphatic rings. The Morgan fingerprint density at radius 3 is 2.43 bits per heavy atom. The maximum Gasteiger partial charge on any atom is 0.244 e. The largest absolute Gasteiger partial charge is 0.369 e. The van der Waals surface area contributed by atoms with Crippen LogP contribution < -0.4 is 10.0 Å². The van der Waals surface area contributed by atoms with Crippen LogP contribution in [0.3, 0.4) is 0 Å². The average molecular weight is 378 g/mol. The normalized spacial score (nSPS) is 12.4. The predicted octanol–water partition coefficient (Wildman–Crippen LogP) is 3.52. The monoisotopic (exact) mass is 377 g/mol. The molecular formula is C14H24BrN3O2S. The van der Waals surface area contributed by atoms with Gasteiger partial charge in [-0.25, -0.2) is 18.1 Å². The molecule has 120 valence electrons. The number of sulfonamides is 1. The summed E-state index contributed by atoms with van der Waals surface area (Å²) in [7, 11) is -3.63. The minimum Gasteiger partial charge on any atom is -0.369 e. The quantitative estimate of drug-likeness (QED) is 0.726. The van der Waals surface area contributed by atoms with Gasteiger partial charge in [0, 0.05) is 22.8 Å². The van der Waals surface area contributed by atoms with E-state index in [0.717, 1.165) is 19.3 Å². The third kappa shape index (κ3) is 4.93. The van der Waals surface area contributed by atoms with E-state index in [9.17, 15) is 8.42 Å². The summed E-state index contributed by atoms with van der Waals surface area (Å²) in [6.07, 6.45) is 3.94. The zero-order chi connectivity index (χ0) is 16.1. The van der Waals surface area contributed by atoms with Crippen LogP contribution in [0.15, 0.2) is 21.6 Å². The highest BCUT2D eigenvalue weighted by atomic mass is 79.9. The predicted molar refractivity (Wildman–Crippen MR) is 90.0 cm³/mol. The number of hydrogen-bond acceptors (Lipinski definition) is 4. The molecule has 0 radical (unpaired) electrons. The maximum absolute atomic E-state index is 12.7. The molecule has 5 nitrogen and oxygen atoms in total. The molecule has 0 saturated carbocycles. The van der Waals surface area contributed by atoms with Crippen molar-refractivity contribution in [2.45, 2.75) is 57.4 Å². The molecule has 21 heavy (non-hydrogen) atoms. The van der Waals surface area contributed by atoms with Crippen LogP contribution in [0, 0.1) is 0 Å². The number of aromatic nitrogens is 1. The van der Waals surface area contributed by atoms with Gasteiger partial charge in [0.25, 0.3) is 0 Å². The van der Waals surface area contributed by atoms with Gasteiger partial charge >= 0.3 is 0 Å². The van der Waals surface area contributed by atoms with Crippen molar-refractivity contribution >= 4 is 31.8 Å². The molecule has 1 rings (SSSR count). The van der Waals surface area contributed by atoms with Gasteiger partial charge in [0.1, 0.15) is 10.7 Å². The van der Waals surface area contributed by atoms with Crippen LogP contribution in [-0.4, -0.2) is 25.5 Å². The summed E-state index contributed by atoms with van der Waals surface area (Å²) in [4.78, 5) is 4.37. The van der Waals surface area contributed by atoms with Crippen LogP contribution in [0.4, 0.5) is 5.82 Å². The van der Waals surface area contributed by atoms with Crippen molar-refractivity contribution in [1.29, 1.82) is 0 Å². The second kappa shape index (κ2) is 7.56. The van der Waals surface area contributed by atoms with E-state index in [2.05, 4.69) is 31.0 Å². The fourth-order valence-electron chi connectivity index (χ4n) is 1.78. The Balaban J connectivity index is 3.20. The molecule has 0 aliphatic carbocycles. The van der Waals surface area contributed by atoms with Crippen LogP contribution in [0.2, 0.25) is 0 Å². The highest BCUT2D eigenvalue weighted by Gasteiger charge is 2.29. The van der Waals surface area contributed by atoms with Crippen LogP contribution in [-0.2, 0) is 10.0 Å². The van der Waals surface area contributed by atoms with Crippen molar-refractivity contribution in [1.82, 2.24) is 9.71 Å². The first-order chi connectivity index (χ1) is 9.78. The van der Waals surface area contributed by atoms with E-state index in [1.807, 2.05) is 27.7 Å². The Morgan fingerprint density at radius 1 is 1.29 bits per heavy atom. The highest BCUT2D eigenvalue weighted by molar-refractivity contribution is 9.10. The van der Waals surface area contributed by atoms with E-state index < -0.39 is 15.6 Å². The molecule has 0 spiro atoms. The number of nitrogens with one attached hydrogen (secondary N) is 2. The Hall–Kier alpha value is -0.660. The molecule has 0 amide bonds. The second-order valence-electron chi connectivity index (χ2n) is 5.30. The number of rotatable bonds is 8. The van der Waals surface area contributed by atoms with Crippen LogP contribution in [0.1, 0.15) is 47.0 Å². The van der Waals surface area contributed by atoms with Crippen molar-refractivity contribution in [2.75, 3.05) is 11.9 Å². The van der Waals surface area contributed by atoms with Gasteiger partial charge in [-0.1, -0.05) is 20.8 Å². The van der Waals surface area contributed by atoms with Crippen molar-refractivity contribution in [3.05, 3.63) is 16.7 Å². The summed E-state index contributed by atoms with van der Waals surface area (Å²) in [5.41, 5.74) is -0.455. The number of anilines is 1. The average Bonchev–Trinajstić information content (AvgIpc) is 2.45. The molecular weight excluding hydrogens is 354 g/mol. The molecule has 0 saturated heterocycles. The van der Waals surface area contributed by atoms with Gasteiger partial charge in [0.15, 0.2) is 0 Å². The lowest BCUT2D eigenvalue weighted by Crippen LogP contribution is -2.45. The summed E-state index contributed by atoms with van der Waals surface area (Å²) >= 11 is 3.29. The summed E-state index contributed by atoms with van der Waals surface area (Å²) in [5, 5.41) is 3.07. The van der Waals surface area contributed by atoms with Gasteiger partial charge < -0.3 is 5.32 Å². The van der Waals surface area contributed by atoms with E-state index in [1.54, 1.807) is 12.3 Å². The van der Waals surface area contributed by atoms with Gasteiger partial charge in [-0.15, -0.1) is 0 Å². The van der Waals surface area contributed by atoms with Gasteiger partial charge in [-0.05, 0) is 48.2 Å². The summed E-state index contributed by atoms with van der Waals surface area (Å²) in [6.45, 7) is 8.55. The van der Waals surface area contributed by atoms with Crippen molar-refractivity contribution < 1.29 is 8.42 Å². The first-order valence-corrected chi connectivity index (χ1v) is 9.49. The molecule has 0 fully saturated rings. The molecule has 1 heterocycles. The highest BCUT2D eigenvalue weighted by Crippen LogP contribution is 2.25. The molecule has 0 aliphatic heterocycles. The fraction of sp³-hybridized carbons (Fsp3) is 0.643. The van der Waals surface area contributed by atoms with Gasteiger partial charge in [-0.3, -0.25) is 0 Å². The second-order valence-corrected chi connectivity index (χ2v) is 7.87. The number of halogens is 1. The number of pyridine rings is 1. The molecule has 0 bridgehead atoms. The lowest BCUT2D eigenvalue weighted by atomic mass is 9.98. The molecule has 0 atom stereocenters. The summed E-state index contributed by atoms with van der Waals surface area (Å²) in [5.74, 6) is 0.391. The lowest BCUT2D eigenvalue weighted by molar-refractivity contribution is 0.388. The van der Waals surface area contributed by atoms with Crippen LogP contribution >= 0.6 is 15.9 Å². The Bertz CT molecular complexity index is 572. The number of hydrogen-bond donors (Lipinski definition) is 2. The van der Waals surface area contributed by atoms with E-state index >= 15 is 0 Å². The zero-order valence-electron chi connectivity index (χ0n) is 13.0. The Morgan fingerprint density at radius 2 is 1.90 bits per heavy atom. The topological polar surface area (TPSA) is 71.1 Å². The first kappa shape index (κ1) is 18.4. The smallest absolute Gasteiger partial charge is 0.244 e. The minimum atomic E-state index is -3.63. The lowest BCUT2D eigenvalue weighted by Gasteiger charge is -2.28. The third-order valence-electron chi connectivity index (χ3n) is 3.59. The molecule has 2 N–H and O–H groups in total. The van der Waals surface area contributed by atoms with Crippen molar-refractivity contribution in [3.63, 3.8) is 0 Å². The molecule has 1 aromatic rings. The van der Waals surface area contributed by atoms with Gasteiger partial charge in [0.05, 0.1) is 0 Å². The summed E-state index contributed by atoms with van der Waals surface area (Å²) in [6, 6.07) is 1.58. The van der Waals surface area contributed by atoms with Gasteiger partial charge in [-0.2, -0.15) is 0 Å². The van der Waals surface area contributed by atoms with E-state index in [4.69, 9.17) is 0 Å². The van der Waals surface area contributed by atoms with E-state index in [0.29, 0.717) is 16.8 Å². The standard InChI is InChI=1S/C14H24BrN3O2S/c1-5-8-16-13-12(9-11(15)10-17-13)21(19,20)18-14(4,6-2)7-3/h9-10,18H,5-8H2,1-4H3,(H,16,17). The van der Waals surface area contributed by atoms with Crippen molar-refractivity contribution in [2.24, 2.45) is 0 Å². The molecule has 0 aromatic carbocycles. The SMILES string of the molecule is CCCNc1ncc(Br)cc1S(=O)(=O)NC(C)(CC)CC. The van der Waals surface area contributed by atoms with Crippen LogP contribution in [0.25, 0.3) is 0 Å². The minimum absolute atomic E-state index is 0.179. The molecule has 7 heteroatoms. The zero-order valence-corrected chi connectivity index (χ0v) is 15.4. The summed E-state index contributed by atoms with van der Waals surface area (Å²) < 4.78 is 28.8. The van der Waals surface area contributed by atoms with Crippen LogP contribution in [0.5, 0.6) is 0 Å². The fourth-order valence-corrected chi connectivity index (χ4v) is 3.97. The number of nitrogens with zero attached hydrogens (tertiary/aromatic N) is 1. The maximum atomic E-state index is 12.7. The third-order valence-corrected chi connectivity index (χ3v) is 5.68.